The molecule has 1 N–H and O–H groups in total. The van der Waals surface area contributed by atoms with E-state index in [1.54, 1.807) is 11.8 Å². The highest BCUT2D eigenvalue weighted by atomic mass is 32.2. The van der Waals surface area contributed by atoms with Crippen LogP contribution in [-0.2, 0) is 27.1 Å². The summed E-state index contributed by atoms with van der Waals surface area (Å²) < 4.78 is 125. The highest BCUT2D eigenvalue weighted by Crippen LogP contribution is 2.38. The number of sulfonamides is 1. The predicted molar refractivity (Wildman–Crippen MR) is 140 cm³/mol. The molecule has 42 heavy (non-hydrogen) atoms. The van der Waals surface area contributed by atoms with Gasteiger partial charge in [0.2, 0.25) is 10.0 Å². The Bertz CT molecular complexity index is 1460. The van der Waals surface area contributed by atoms with Crippen molar-refractivity contribution in [2.45, 2.75) is 25.3 Å². The number of rotatable bonds is 9. The fourth-order valence-corrected chi connectivity index (χ4v) is 6.15. The Morgan fingerprint density at radius 3 is 1.86 bits per heavy atom. The lowest BCUT2D eigenvalue weighted by Gasteiger charge is -2.44. The van der Waals surface area contributed by atoms with Gasteiger partial charge in [-0.05, 0) is 60.5 Å². The van der Waals surface area contributed by atoms with E-state index in [0.717, 1.165) is 42.5 Å². The van der Waals surface area contributed by atoms with Crippen molar-refractivity contribution in [2.75, 3.05) is 30.2 Å². The fraction of sp³-hybridized carbons (Fsp3) is 0.321. The number of nitrogens with one attached hydrogen (secondary N) is 1. The second kappa shape index (κ2) is 11.9. The van der Waals surface area contributed by atoms with Gasteiger partial charge in [-0.15, -0.1) is 0 Å². The number of nitrogens with zero attached hydrogens (tertiary/aromatic N) is 1. The number of hydrogen-bond donors (Lipinski definition) is 1. The van der Waals surface area contributed by atoms with Crippen molar-refractivity contribution in [2.24, 2.45) is 5.92 Å². The molecule has 0 amide bonds. The van der Waals surface area contributed by atoms with Crippen molar-refractivity contribution in [1.82, 2.24) is 4.90 Å². The number of hydrogen-bond acceptors (Lipinski definition) is 5. The zero-order valence-corrected chi connectivity index (χ0v) is 22.8. The van der Waals surface area contributed by atoms with Crippen molar-refractivity contribution < 1.29 is 48.7 Å². The minimum atomic E-state index is -4.58. The summed E-state index contributed by atoms with van der Waals surface area (Å²) in [4.78, 5) is 13.7. The van der Waals surface area contributed by atoms with Crippen LogP contribution in [0.25, 0.3) is 0 Å². The molecule has 0 radical (unpaired) electrons. The first kappa shape index (κ1) is 31.3. The standard InChI is InChI=1S/C28H25F7N2O4S/c1-2-41-26(38)20-11-23(29)13-24(12-20)36-42(39,40)16-17-14-37(15-17)25(18-3-7-21(8-4-18)27(30,31)32)19-5-9-22(10-6-19)28(33,34)35/h3-13,17,25,36H,2,14-16H2,1H3. The van der Waals surface area contributed by atoms with Crippen LogP contribution in [0.4, 0.5) is 36.4 Å². The first-order valence-corrected chi connectivity index (χ1v) is 14.3. The Labute approximate surface area is 237 Å². The molecular formula is C28H25F7N2O4S. The number of benzene rings is 3. The maximum absolute atomic E-state index is 14.0. The van der Waals surface area contributed by atoms with E-state index in [0.29, 0.717) is 11.1 Å². The zero-order valence-electron chi connectivity index (χ0n) is 22.0. The molecule has 1 aliphatic heterocycles. The highest BCUT2D eigenvalue weighted by molar-refractivity contribution is 7.92. The maximum Gasteiger partial charge on any atom is 0.416 e. The number of esters is 1. The molecule has 1 saturated heterocycles. The SMILES string of the molecule is CCOC(=O)c1cc(F)cc(NS(=O)(=O)CC2CN(C(c3ccc(C(F)(F)F)cc3)c3ccc(C(F)(F)F)cc3)C2)c1. The third kappa shape index (κ3) is 7.59. The van der Waals surface area contributed by atoms with Crippen LogP contribution in [0.1, 0.15) is 45.6 Å². The molecule has 0 spiro atoms. The van der Waals surface area contributed by atoms with E-state index in [2.05, 4.69) is 4.72 Å². The number of likely N-dealkylation sites (tertiary alicyclic amines) is 1. The average molecular weight is 619 g/mol. The first-order valence-electron chi connectivity index (χ1n) is 12.6. The van der Waals surface area contributed by atoms with E-state index < -0.39 is 63.0 Å². The summed E-state index contributed by atoms with van der Waals surface area (Å²) in [7, 11) is -4.03. The van der Waals surface area contributed by atoms with Gasteiger partial charge in [-0.25, -0.2) is 17.6 Å². The summed E-state index contributed by atoms with van der Waals surface area (Å²) in [6.45, 7) is 1.91. The van der Waals surface area contributed by atoms with E-state index in [-0.39, 0.29) is 30.9 Å². The topological polar surface area (TPSA) is 75.7 Å². The molecule has 6 nitrogen and oxygen atoms in total. The number of alkyl halides is 6. The van der Waals surface area contributed by atoms with Crippen molar-refractivity contribution in [3.8, 4) is 0 Å². The molecule has 0 atom stereocenters. The summed E-state index contributed by atoms with van der Waals surface area (Å²) in [5, 5.41) is 0. The molecule has 1 fully saturated rings. The van der Waals surface area contributed by atoms with Gasteiger partial charge in [0.1, 0.15) is 5.82 Å². The molecule has 0 aromatic heterocycles. The minimum Gasteiger partial charge on any atom is -0.462 e. The zero-order chi connectivity index (χ0) is 30.9. The van der Waals surface area contributed by atoms with Gasteiger partial charge in [-0.3, -0.25) is 9.62 Å². The van der Waals surface area contributed by atoms with Crippen LogP contribution < -0.4 is 4.72 Å². The molecule has 0 unspecified atom stereocenters. The molecule has 1 aliphatic rings. The van der Waals surface area contributed by atoms with Crippen molar-refractivity contribution in [3.63, 3.8) is 0 Å². The third-order valence-corrected chi connectivity index (χ3v) is 8.05. The predicted octanol–water partition coefficient (Wildman–Crippen LogP) is 6.50. The van der Waals surface area contributed by atoms with Crippen molar-refractivity contribution in [1.29, 1.82) is 0 Å². The minimum absolute atomic E-state index is 0.0362. The Kier molecular flexibility index (Phi) is 8.88. The highest BCUT2D eigenvalue weighted by Gasteiger charge is 2.38. The molecule has 0 bridgehead atoms. The van der Waals surface area contributed by atoms with Gasteiger partial charge in [0, 0.05) is 19.0 Å². The summed E-state index contributed by atoms with van der Waals surface area (Å²) in [6, 6.07) is 10.7. The Hall–Kier alpha value is -3.65. The molecule has 226 valence electrons. The molecule has 0 saturated carbocycles. The molecule has 0 aliphatic carbocycles. The summed E-state index contributed by atoms with van der Waals surface area (Å²) in [5.74, 6) is -2.54. The molecule has 3 aromatic rings. The lowest BCUT2D eigenvalue weighted by Crippen LogP contribution is -2.51. The fourth-order valence-electron chi connectivity index (χ4n) is 4.76. The average Bonchev–Trinajstić information content (AvgIpc) is 2.86. The van der Waals surface area contributed by atoms with Gasteiger partial charge in [-0.1, -0.05) is 24.3 Å². The summed E-state index contributed by atoms with van der Waals surface area (Å²) >= 11 is 0. The number of carbonyl (C=O) groups excluding carboxylic acids is 1. The van der Waals surface area contributed by atoms with Gasteiger partial charge in [0.05, 0.1) is 40.8 Å². The van der Waals surface area contributed by atoms with Crippen molar-refractivity contribution >= 4 is 21.7 Å². The normalized spacial score (nSPS) is 15.0. The quantitative estimate of drug-likeness (QED) is 0.219. The Balaban J connectivity index is 1.50. The van der Waals surface area contributed by atoms with Crippen molar-refractivity contribution in [3.05, 3.63) is 100 Å². The molecule has 3 aromatic carbocycles. The summed E-state index contributed by atoms with van der Waals surface area (Å²) in [6.07, 6.45) is -9.16. The maximum atomic E-state index is 14.0. The van der Waals surface area contributed by atoms with E-state index in [9.17, 15) is 43.9 Å². The van der Waals surface area contributed by atoms with Crippen LogP contribution in [0.5, 0.6) is 0 Å². The van der Waals surface area contributed by atoms with Gasteiger partial charge >= 0.3 is 18.3 Å². The van der Waals surface area contributed by atoms with Crippen LogP contribution in [0.3, 0.4) is 0 Å². The van der Waals surface area contributed by atoms with E-state index in [4.69, 9.17) is 4.74 Å². The molecule has 1 heterocycles. The lowest BCUT2D eigenvalue weighted by molar-refractivity contribution is -0.138. The first-order chi connectivity index (χ1) is 19.6. The molecule has 4 rings (SSSR count). The van der Waals surface area contributed by atoms with Gasteiger partial charge in [-0.2, -0.15) is 26.3 Å². The van der Waals surface area contributed by atoms with Crippen LogP contribution in [0, 0.1) is 11.7 Å². The van der Waals surface area contributed by atoms with Gasteiger partial charge in [0.15, 0.2) is 0 Å². The van der Waals surface area contributed by atoms with Crippen LogP contribution >= 0.6 is 0 Å². The van der Waals surface area contributed by atoms with Crippen LogP contribution in [-0.4, -0.2) is 44.7 Å². The molecule has 14 heteroatoms. The summed E-state index contributed by atoms with van der Waals surface area (Å²) in [5.41, 5.74) is -1.37. The second-order valence-corrected chi connectivity index (χ2v) is 11.6. The second-order valence-electron chi connectivity index (χ2n) is 9.79. The number of carbonyl (C=O) groups is 1. The lowest BCUT2D eigenvalue weighted by atomic mass is 9.90. The van der Waals surface area contributed by atoms with E-state index >= 15 is 0 Å². The van der Waals surface area contributed by atoms with Crippen LogP contribution in [0.15, 0.2) is 66.7 Å². The van der Waals surface area contributed by atoms with E-state index in [1.807, 2.05) is 0 Å². The Morgan fingerprint density at radius 1 is 0.905 bits per heavy atom. The van der Waals surface area contributed by atoms with Gasteiger partial charge in [0.25, 0.3) is 0 Å². The monoisotopic (exact) mass is 618 g/mol. The largest absolute Gasteiger partial charge is 0.462 e. The Morgan fingerprint density at radius 2 is 1.40 bits per heavy atom. The third-order valence-electron chi connectivity index (χ3n) is 6.60. The van der Waals surface area contributed by atoms with Gasteiger partial charge < -0.3 is 4.74 Å². The number of halogens is 7. The molecular weight excluding hydrogens is 593 g/mol. The number of ether oxygens (including phenoxy) is 1. The van der Waals surface area contributed by atoms with Crippen LogP contribution in [0.2, 0.25) is 0 Å². The number of anilines is 1. The smallest absolute Gasteiger partial charge is 0.416 e. The van der Waals surface area contributed by atoms with E-state index in [1.165, 1.54) is 24.3 Å².